The predicted molar refractivity (Wildman–Crippen MR) is 141 cm³/mol. The van der Waals surface area contributed by atoms with Crippen molar-refractivity contribution in [1.29, 1.82) is 0 Å². The zero-order valence-electron chi connectivity index (χ0n) is 19.9. The average molecular weight is 569 g/mol. The molecular weight excluding hydrogens is 531 g/mol. The number of hydrogen-bond acceptors (Lipinski definition) is 5. The zero-order chi connectivity index (χ0) is 22.3. The first kappa shape index (κ1) is 25.9. The molecule has 2 aliphatic rings. The number of hydrogen-bond donors (Lipinski definition) is 1. The number of morpholine rings is 2. The number of benzene rings is 1. The van der Waals surface area contributed by atoms with Gasteiger partial charge in [-0.1, -0.05) is 29.8 Å². The molecule has 0 amide bonds. The van der Waals surface area contributed by atoms with Crippen LogP contribution in [0, 0.1) is 6.92 Å². The van der Waals surface area contributed by atoms with Crippen molar-refractivity contribution >= 4 is 29.9 Å². The molecule has 2 unspecified atom stereocenters. The van der Waals surface area contributed by atoms with Crippen LogP contribution in [0.2, 0.25) is 0 Å². The first-order valence-corrected chi connectivity index (χ1v) is 11.7. The molecule has 1 aromatic carbocycles. The van der Waals surface area contributed by atoms with E-state index in [9.17, 15) is 0 Å². The molecule has 2 atom stereocenters. The van der Waals surface area contributed by atoms with Gasteiger partial charge < -0.3 is 19.7 Å². The Morgan fingerprint density at radius 2 is 1.94 bits per heavy atom. The van der Waals surface area contributed by atoms with Gasteiger partial charge in [0, 0.05) is 45.0 Å². The van der Waals surface area contributed by atoms with Crippen LogP contribution in [0.25, 0.3) is 0 Å². The van der Waals surface area contributed by atoms with Gasteiger partial charge in [0.15, 0.2) is 5.96 Å². The monoisotopic (exact) mass is 568 g/mol. The molecule has 1 N–H and O–H groups in total. The second-order valence-electron chi connectivity index (χ2n) is 8.52. The van der Waals surface area contributed by atoms with Crippen LogP contribution in [0.15, 0.2) is 41.7 Å². The van der Waals surface area contributed by atoms with Crippen LogP contribution < -0.4 is 5.32 Å². The summed E-state index contributed by atoms with van der Waals surface area (Å²) in [6, 6.07) is 9.11. The molecule has 2 aliphatic heterocycles. The summed E-state index contributed by atoms with van der Waals surface area (Å²) < 4.78 is 13.5. The number of nitrogens with zero attached hydrogens (tertiary/aromatic N) is 5. The third kappa shape index (κ3) is 6.91. The number of guanidine groups is 1. The highest BCUT2D eigenvalue weighted by molar-refractivity contribution is 14.0. The minimum Gasteiger partial charge on any atom is -0.379 e. The molecule has 0 aliphatic carbocycles. The highest BCUT2D eigenvalue weighted by Crippen LogP contribution is 2.24. The number of nitrogens with one attached hydrogen (secondary N) is 1. The largest absolute Gasteiger partial charge is 0.379 e. The van der Waals surface area contributed by atoms with Crippen LogP contribution in [0.4, 0.5) is 0 Å². The summed E-state index contributed by atoms with van der Waals surface area (Å²) >= 11 is 0. The van der Waals surface area contributed by atoms with Crippen LogP contribution in [-0.4, -0.2) is 84.6 Å². The lowest BCUT2D eigenvalue weighted by Gasteiger charge is -2.36. The first-order valence-electron chi connectivity index (χ1n) is 11.7. The molecular formula is C24H37IN6O2. The van der Waals surface area contributed by atoms with Crippen LogP contribution in [0.5, 0.6) is 0 Å². The quantitative estimate of drug-likeness (QED) is 0.329. The molecule has 0 saturated carbocycles. The topological polar surface area (TPSA) is 67.2 Å². The van der Waals surface area contributed by atoms with E-state index in [0.717, 1.165) is 57.5 Å². The molecule has 182 valence electrons. The second kappa shape index (κ2) is 12.7. The molecule has 3 heterocycles. The van der Waals surface area contributed by atoms with Crippen LogP contribution in [0.3, 0.4) is 0 Å². The van der Waals surface area contributed by atoms with Gasteiger partial charge in [0.25, 0.3) is 0 Å². The Hall–Kier alpha value is -1.69. The van der Waals surface area contributed by atoms with E-state index in [1.165, 1.54) is 11.1 Å². The summed E-state index contributed by atoms with van der Waals surface area (Å²) in [6.45, 7) is 11.5. The van der Waals surface area contributed by atoms with Crippen molar-refractivity contribution in [3.8, 4) is 0 Å². The molecule has 33 heavy (non-hydrogen) atoms. The Labute approximate surface area is 214 Å². The number of aliphatic imine (C=N–C) groups is 1. The highest BCUT2D eigenvalue weighted by Gasteiger charge is 2.27. The van der Waals surface area contributed by atoms with E-state index in [0.29, 0.717) is 13.2 Å². The molecule has 8 nitrogen and oxygen atoms in total. The summed E-state index contributed by atoms with van der Waals surface area (Å²) in [7, 11) is 1.94. The zero-order valence-corrected chi connectivity index (χ0v) is 22.3. The Morgan fingerprint density at radius 1 is 1.18 bits per heavy atom. The smallest absolute Gasteiger partial charge is 0.194 e. The van der Waals surface area contributed by atoms with Gasteiger partial charge in [-0.05, 0) is 19.4 Å². The van der Waals surface area contributed by atoms with Crippen molar-refractivity contribution in [1.82, 2.24) is 24.9 Å². The van der Waals surface area contributed by atoms with Crippen molar-refractivity contribution < 1.29 is 9.47 Å². The van der Waals surface area contributed by atoms with Crippen molar-refractivity contribution in [2.24, 2.45) is 12.0 Å². The van der Waals surface area contributed by atoms with Gasteiger partial charge in [-0.3, -0.25) is 14.6 Å². The lowest BCUT2D eigenvalue weighted by molar-refractivity contribution is -0.00823. The maximum Gasteiger partial charge on any atom is 0.194 e. The Bertz CT molecular complexity index is 881. The molecule has 0 radical (unpaired) electrons. The highest BCUT2D eigenvalue weighted by atomic mass is 127. The van der Waals surface area contributed by atoms with Crippen molar-refractivity contribution in [2.75, 3.05) is 59.1 Å². The van der Waals surface area contributed by atoms with E-state index in [4.69, 9.17) is 14.5 Å². The molecule has 0 bridgehead atoms. The average Bonchev–Trinajstić information content (AvgIpc) is 3.27. The molecule has 2 aromatic rings. The number of aromatic nitrogens is 2. The normalized spacial score (nSPS) is 20.9. The van der Waals surface area contributed by atoms with E-state index in [2.05, 4.69) is 58.3 Å². The van der Waals surface area contributed by atoms with Gasteiger partial charge >= 0.3 is 0 Å². The third-order valence-electron chi connectivity index (χ3n) is 6.16. The standard InChI is InChI=1S/C24H36N6O2.HI/c1-4-25-24(30-11-14-32-23(18-30)21-15-27-28(3)17-21)26-16-22(29-9-12-31-13-10-29)20-7-5-19(2)6-8-20;/h5-8,15,17,22-23H,4,9-14,16,18H2,1-3H3,(H,25,26);1H. The fraction of sp³-hybridized carbons (Fsp3) is 0.583. The molecule has 4 rings (SSSR count). The van der Waals surface area contributed by atoms with Crippen LogP contribution >= 0.6 is 24.0 Å². The summed E-state index contributed by atoms with van der Waals surface area (Å²) in [5.74, 6) is 0.954. The third-order valence-corrected chi connectivity index (χ3v) is 6.16. The number of ether oxygens (including phenoxy) is 2. The van der Waals surface area contributed by atoms with E-state index < -0.39 is 0 Å². The fourth-order valence-electron chi connectivity index (χ4n) is 4.36. The SMILES string of the molecule is CCNC(=NCC(c1ccc(C)cc1)N1CCOCC1)N1CCOC(c2cnn(C)c2)C1.I. The molecule has 1 aromatic heterocycles. The molecule has 0 spiro atoms. The summed E-state index contributed by atoms with van der Waals surface area (Å²) in [6.07, 6.45) is 3.93. The fourth-order valence-corrected chi connectivity index (χ4v) is 4.36. The number of aryl methyl sites for hydroxylation is 2. The Kier molecular flexibility index (Phi) is 9.96. The van der Waals surface area contributed by atoms with E-state index in [-0.39, 0.29) is 36.1 Å². The van der Waals surface area contributed by atoms with Crippen molar-refractivity contribution in [3.05, 3.63) is 53.3 Å². The lowest BCUT2D eigenvalue weighted by atomic mass is 10.0. The van der Waals surface area contributed by atoms with Gasteiger partial charge in [0.1, 0.15) is 6.10 Å². The maximum absolute atomic E-state index is 6.04. The van der Waals surface area contributed by atoms with Gasteiger partial charge in [-0.15, -0.1) is 24.0 Å². The second-order valence-corrected chi connectivity index (χ2v) is 8.52. The van der Waals surface area contributed by atoms with E-state index in [1.807, 2.05) is 24.1 Å². The summed E-state index contributed by atoms with van der Waals surface area (Å²) in [4.78, 5) is 9.93. The lowest BCUT2D eigenvalue weighted by Crippen LogP contribution is -2.48. The minimum atomic E-state index is 0. The van der Waals surface area contributed by atoms with Crippen LogP contribution in [0.1, 0.15) is 35.8 Å². The van der Waals surface area contributed by atoms with Gasteiger partial charge in [0.2, 0.25) is 0 Å². The maximum atomic E-state index is 6.04. The van der Waals surface area contributed by atoms with Gasteiger partial charge in [-0.25, -0.2) is 0 Å². The molecule has 9 heteroatoms. The summed E-state index contributed by atoms with van der Waals surface area (Å²) in [5.41, 5.74) is 3.70. The minimum absolute atomic E-state index is 0. The first-order chi connectivity index (χ1) is 15.6. The predicted octanol–water partition coefficient (Wildman–Crippen LogP) is 2.76. The van der Waals surface area contributed by atoms with Crippen LogP contribution in [-0.2, 0) is 16.5 Å². The van der Waals surface area contributed by atoms with E-state index >= 15 is 0 Å². The summed E-state index contributed by atoms with van der Waals surface area (Å²) in [5, 5.41) is 7.81. The van der Waals surface area contributed by atoms with Gasteiger partial charge in [-0.2, -0.15) is 5.10 Å². The van der Waals surface area contributed by atoms with Crippen molar-refractivity contribution in [2.45, 2.75) is 26.0 Å². The van der Waals surface area contributed by atoms with Crippen molar-refractivity contribution in [3.63, 3.8) is 0 Å². The number of halogens is 1. The molecule has 2 fully saturated rings. The molecule has 2 saturated heterocycles. The van der Waals surface area contributed by atoms with E-state index in [1.54, 1.807) is 0 Å². The number of rotatable bonds is 6. The van der Waals surface area contributed by atoms with Gasteiger partial charge in [0.05, 0.1) is 45.1 Å². The Morgan fingerprint density at radius 3 is 2.61 bits per heavy atom. The Balaban J connectivity index is 0.00000306.